The third-order valence-corrected chi connectivity index (χ3v) is 5.98. The molecule has 3 N–H and O–H groups in total. The molecule has 1 aromatic carbocycles. The Bertz CT molecular complexity index is 947. The number of aliphatic hydroxyl groups excluding tert-OH is 1. The molecule has 1 aliphatic carbocycles. The molecule has 0 heterocycles. The summed E-state index contributed by atoms with van der Waals surface area (Å²) in [7, 11) is 0. The molecule has 0 bridgehead atoms. The first-order valence-electron chi connectivity index (χ1n) is 12.6. The zero-order chi connectivity index (χ0) is 27.1. The van der Waals surface area contributed by atoms with Gasteiger partial charge in [0.1, 0.15) is 17.7 Å². The Hall–Kier alpha value is -3.05. The molecule has 0 aromatic heterocycles. The number of hydrogen-bond acceptors (Lipinski definition) is 5. The van der Waals surface area contributed by atoms with Crippen LogP contribution < -0.4 is 10.6 Å². The standard InChI is InChI=1S/C28H41N3O5/c1-8-19-14-16-20(17-15-19)23(24(33)29-21-12-10-9-11-13-21)31(27(2,3)4)25(34)22(18-32)30-26(35)36-28(5,6)7/h1,14-17,21-23,32H,9-13,18H2,2-7H3,(H,29,33)(H,30,35). The Morgan fingerprint density at radius 1 is 1.08 bits per heavy atom. The molecular formula is C28H41N3O5. The number of terminal acetylenes is 1. The molecule has 2 unspecified atom stereocenters. The van der Waals surface area contributed by atoms with E-state index in [-0.39, 0.29) is 11.9 Å². The van der Waals surface area contributed by atoms with Crippen molar-refractivity contribution in [1.29, 1.82) is 0 Å². The number of nitrogens with zero attached hydrogens (tertiary/aromatic N) is 1. The Labute approximate surface area is 215 Å². The number of amides is 3. The van der Waals surface area contributed by atoms with Crippen molar-refractivity contribution >= 4 is 17.9 Å². The van der Waals surface area contributed by atoms with Crippen LogP contribution in [0.4, 0.5) is 4.79 Å². The lowest BCUT2D eigenvalue weighted by atomic mass is 9.92. The summed E-state index contributed by atoms with van der Waals surface area (Å²) in [6.07, 6.45) is 9.68. The molecule has 0 spiro atoms. The Morgan fingerprint density at radius 2 is 1.67 bits per heavy atom. The fourth-order valence-electron chi connectivity index (χ4n) is 4.35. The van der Waals surface area contributed by atoms with Crippen LogP contribution in [0.15, 0.2) is 24.3 Å². The zero-order valence-corrected chi connectivity index (χ0v) is 22.4. The van der Waals surface area contributed by atoms with Gasteiger partial charge in [0.15, 0.2) is 0 Å². The third kappa shape index (κ3) is 8.27. The largest absolute Gasteiger partial charge is 0.444 e. The SMILES string of the molecule is C#Cc1ccc(C(C(=O)NC2CCCCC2)N(C(=O)C(CO)NC(=O)OC(C)(C)C)C(C)(C)C)cc1. The number of nitrogens with one attached hydrogen (secondary N) is 2. The van der Waals surface area contributed by atoms with E-state index >= 15 is 0 Å². The number of alkyl carbamates (subject to hydrolysis) is 1. The zero-order valence-electron chi connectivity index (χ0n) is 22.4. The lowest BCUT2D eigenvalue weighted by Gasteiger charge is -2.43. The van der Waals surface area contributed by atoms with E-state index in [0.717, 1.165) is 32.1 Å². The van der Waals surface area contributed by atoms with Gasteiger partial charge < -0.3 is 25.4 Å². The third-order valence-electron chi connectivity index (χ3n) is 5.98. The topological polar surface area (TPSA) is 108 Å². The normalized spacial score (nSPS) is 16.3. The van der Waals surface area contributed by atoms with Gasteiger partial charge in [0.2, 0.25) is 11.8 Å². The van der Waals surface area contributed by atoms with Crippen molar-refractivity contribution in [1.82, 2.24) is 15.5 Å². The van der Waals surface area contributed by atoms with Crippen LogP contribution in [0.3, 0.4) is 0 Å². The van der Waals surface area contributed by atoms with E-state index in [2.05, 4.69) is 16.6 Å². The second-order valence-electron chi connectivity index (χ2n) is 11.3. The van der Waals surface area contributed by atoms with E-state index in [1.807, 2.05) is 20.8 Å². The molecule has 3 amide bonds. The van der Waals surface area contributed by atoms with Gasteiger partial charge in [-0.15, -0.1) is 6.42 Å². The van der Waals surface area contributed by atoms with Crippen molar-refractivity contribution in [2.45, 2.75) is 103 Å². The fourth-order valence-corrected chi connectivity index (χ4v) is 4.35. The van der Waals surface area contributed by atoms with Gasteiger partial charge >= 0.3 is 6.09 Å². The summed E-state index contributed by atoms with van der Waals surface area (Å²) in [5.41, 5.74) is -0.379. The second kappa shape index (κ2) is 12.3. The van der Waals surface area contributed by atoms with Crippen molar-refractivity contribution in [2.24, 2.45) is 0 Å². The minimum atomic E-state index is -1.30. The smallest absolute Gasteiger partial charge is 0.408 e. The summed E-state index contributed by atoms with van der Waals surface area (Å²) in [4.78, 5) is 41.4. The molecule has 1 aromatic rings. The number of aliphatic hydroxyl groups is 1. The first-order valence-corrected chi connectivity index (χ1v) is 12.6. The Kier molecular flexibility index (Phi) is 9.94. The average molecular weight is 500 g/mol. The highest BCUT2D eigenvalue weighted by molar-refractivity contribution is 5.92. The van der Waals surface area contributed by atoms with Gasteiger partial charge in [-0.3, -0.25) is 9.59 Å². The van der Waals surface area contributed by atoms with Crippen molar-refractivity contribution in [3.63, 3.8) is 0 Å². The molecule has 8 heteroatoms. The van der Waals surface area contributed by atoms with Gasteiger partial charge in [-0.1, -0.05) is 37.3 Å². The molecule has 36 heavy (non-hydrogen) atoms. The summed E-state index contributed by atoms with van der Waals surface area (Å²) in [5.74, 6) is 1.65. The molecule has 1 aliphatic rings. The van der Waals surface area contributed by atoms with Gasteiger partial charge in [-0.25, -0.2) is 4.79 Å². The summed E-state index contributed by atoms with van der Waals surface area (Å²) in [6, 6.07) is 4.66. The first kappa shape index (κ1) is 29.2. The Balaban J connectivity index is 2.46. The molecule has 1 saturated carbocycles. The van der Waals surface area contributed by atoms with Crippen LogP contribution in [-0.4, -0.2) is 57.7 Å². The van der Waals surface area contributed by atoms with E-state index in [4.69, 9.17) is 11.2 Å². The number of benzene rings is 1. The lowest BCUT2D eigenvalue weighted by molar-refractivity contribution is -0.149. The molecule has 2 rings (SSSR count). The van der Waals surface area contributed by atoms with Crippen LogP contribution in [0.1, 0.15) is 90.8 Å². The highest BCUT2D eigenvalue weighted by Crippen LogP contribution is 2.31. The summed E-state index contributed by atoms with van der Waals surface area (Å²) >= 11 is 0. The van der Waals surface area contributed by atoms with Crippen molar-refractivity contribution in [3.05, 3.63) is 35.4 Å². The average Bonchev–Trinajstić information content (AvgIpc) is 2.79. The maximum Gasteiger partial charge on any atom is 0.408 e. The molecular weight excluding hydrogens is 458 g/mol. The Morgan fingerprint density at radius 3 is 2.14 bits per heavy atom. The van der Waals surface area contributed by atoms with Gasteiger partial charge in [0, 0.05) is 17.1 Å². The quantitative estimate of drug-likeness (QED) is 0.496. The van der Waals surface area contributed by atoms with Crippen LogP contribution in [0.25, 0.3) is 0 Å². The van der Waals surface area contributed by atoms with Gasteiger partial charge in [0.05, 0.1) is 6.61 Å². The number of carbonyl (C=O) groups is 3. The van der Waals surface area contributed by atoms with Crippen LogP contribution >= 0.6 is 0 Å². The predicted molar refractivity (Wildman–Crippen MR) is 139 cm³/mol. The highest BCUT2D eigenvalue weighted by Gasteiger charge is 2.42. The number of ether oxygens (including phenoxy) is 1. The van der Waals surface area contributed by atoms with Crippen molar-refractivity contribution in [3.8, 4) is 12.3 Å². The molecule has 198 valence electrons. The lowest BCUT2D eigenvalue weighted by Crippen LogP contribution is -2.60. The molecule has 2 atom stereocenters. The van der Waals surface area contributed by atoms with E-state index in [1.54, 1.807) is 45.0 Å². The molecule has 8 nitrogen and oxygen atoms in total. The molecule has 0 radical (unpaired) electrons. The highest BCUT2D eigenvalue weighted by atomic mass is 16.6. The number of hydrogen-bond donors (Lipinski definition) is 3. The fraction of sp³-hybridized carbons (Fsp3) is 0.607. The van der Waals surface area contributed by atoms with Crippen molar-refractivity contribution in [2.75, 3.05) is 6.61 Å². The predicted octanol–water partition coefficient (Wildman–Crippen LogP) is 3.67. The monoisotopic (exact) mass is 499 g/mol. The molecule has 1 fully saturated rings. The second-order valence-corrected chi connectivity index (χ2v) is 11.3. The van der Waals surface area contributed by atoms with E-state index in [0.29, 0.717) is 11.1 Å². The number of rotatable bonds is 7. The molecule has 0 aliphatic heterocycles. The van der Waals surface area contributed by atoms with Crippen LogP contribution in [0, 0.1) is 12.3 Å². The molecule has 0 saturated heterocycles. The maximum absolute atomic E-state index is 13.8. The van der Waals surface area contributed by atoms with E-state index in [9.17, 15) is 19.5 Å². The maximum atomic E-state index is 13.8. The van der Waals surface area contributed by atoms with Crippen LogP contribution in [-0.2, 0) is 14.3 Å². The van der Waals surface area contributed by atoms with Crippen LogP contribution in [0.5, 0.6) is 0 Å². The minimum Gasteiger partial charge on any atom is -0.444 e. The van der Waals surface area contributed by atoms with Gasteiger partial charge in [0.25, 0.3) is 0 Å². The van der Waals surface area contributed by atoms with E-state index < -0.39 is 41.8 Å². The summed E-state index contributed by atoms with van der Waals surface area (Å²) < 4.78 is 5.27. The summed E-state index contributed by atoms with van der Waals surface area (Å²) in [5, 5.41) is 15.6. The van der Waals surface area contributed by atoms with Gasteiger partial charge in [-0.2, -0.15) is 0 Å². The van der Waals surface area contributed by atoms with Crippen LogP contribution in [0.2, 0.25) is 0 Å². The first-order chi connectivity index (χ1) is 16.8. The van der Waals surface area contributed by atoms with E-state index in [1.165, 1.54) is 4.90 Å². The van der Waals surface area contributed by atoms with Crippen molar-refractivity contribution < 1.29 is 24.2 Å². The number of carbonyl (C=O) groups excluding carboxylic acids is 3. The van der Waals surface area contributed by atoms with Gasteiger partial charge in [-0.05, 0) is 72.1 Å². The summed E-state index contributed by atoms with van der Waals surface area (Å²) in [6.45, 7) is 9.88. The minimum absolute atomic E-state index is 0.0316.